The molecule has 0 spiro atoms. The van der Waals surface area contributed by atoms with E-state index >= 15 is 0 Å². The maximum Gasteiger partial charge on any atom is 0.243 e. The Bertz CT molecular complexity index is 1210. The molecule has 1 aliphatic heterocycles. The number of phenols is 1. The SMILES string of the molecule is C[C@]12C=CC(=O)N[C@@H]1CC[C@@H]1[C@@H]2CC[C@]2(C)[C@@H](C(=O)NC(c3ccccc3)c3ccc(O)cc3)CC[C@@H]12. The highest BCUT2D eigenvalue weighted by Crippen LogP contribution is 2.65. The van der Waals surface area contributed by atoms with Crippen molar-refractivity contribution in [2.75, 3.05) is 0 Å². The average molecular weight is 499 g/mol. The quantitative estimate of drug-likeness (QED) is 0.520. The molecule has 0 bridgehead atoms. The van der Waals surface area contributed by atoms with Gasteiger partial charge in [-0.25, -0.2) is 0 Å². The molecule has 2 amide bonds. The van der Waals surface area contributed by atoms with Gasteiger partial charge in [-0.15, -0.1) is 0 Å². The molecule has 5 nitrogen and oxygen atoms in total. The zero-order valence-corrected chi connectivity index (χ0v) is 21.8. The van der Waals surface area contributed by atoms with Gasteiger partial charge in [-0.3, -0.25) is 9.59 Å². The molecule has 3 N–H and O–H groups in total. The smallest absolute Gasteiger partial charge is 0.243 e. The second-order valence-electron chi connectivity index (χ2n) is 12.3. The summed E-state index contributed by atoms with van der Waals surface area (Å²) in [5, 5.41) is 16.5. The summed E-state index contributed by atoms with van der Waals surface area (Å²) in [7, 11) is 0. The van der Waals surface area contributed by atoms with Crippen LogP contribution in [0, 0.1) is 34.5 Å². The molecule has 0 aromatic heterocycles. The number of fused-ring (bicyclic) bond motifs is 5. The van der Waals surface area contributed by atoms with Gasteiger partial charge in [0, 0.05) is 17.4 Å². The van der Waals surface area contributed by atoms with Crippen LogP contribution in [-0.4, -0.2) is 23.0 Å². The number of amides is 2. The summed E-state index contributed by atoms with van der Waals surface area (Å²) in [6.45, 7) is 4.71. The topological polar surface area (TPSA) is 78.4 Å². The predicted octanol–water partition coefficient (Wildman–Crippen LogP) is 5.51. The Morgan fingerprint density at radius 1 is 0.946 bits per heavy atom. The van der Waals surface area contributed by atoms with Gasteiger partial charge in [-0.05, 0) is 91.0 Å². The second-order valence-corrected chi connectivity index (χ2v) is 12.3. The van der Waals surface area contributed by atoms with Crippen LogP contribution in [-0.2, 0) is 9.59 Å². The van der Waals surface area contributed by atoms with Gasteiger partial charge in [0.1, 0.15) is 5.75 Å². The van der Waals surface area contributed by atoms with Crippen molar-refractivity contribution in [3.05, 3.63) is 77.9 Å². The fourth-order valence-electron chi connectivity index (χ4n) is 8.68. The molecular weight excluding hydrogens is 460 g/mol. The van der Waals surface area contributed by atoms with Gasteiger partial charge in [0.2, 0.25) is 11.8 Å². The minimum atomic E-state index is -0.251. The van der Waals surface area contributed by atoms with Crippen LogP contribution < -0.4 is 10.6 Å². The number of hydrogen-bond acceptors (Lipinski definition) is 3. The molecule has 2 aromatic rings. The Kier molecular flexibility index (Phi) is 5.93. The number of nitrogens with one attached hydrogen (secondary N) is 2. The van der Waals surface area contributed by atoms with Crippen LogP contribution in [0.25, 0.3) is 0 Å². The number of carbonyl (C=O) groups excluding carboxylic acids is 2. The van der Waals surface area contributed by atoms with Crippen molar-refractivity contribution in [2.24, 2.45) is 34.5 Å². The highest BCUT2D eigenvalue weighted by Gasteiger charge is 2.61. The van der Waals surface area contributed by atoms with E-state index in [9.17, 15) is 14.7 Å². The first-order chi connectivity index (χ1) is 17.8. The first-order valence-electron chi connectivity index (χ1n) is 13.9. The molecule has 4 aliphatic rings. The molecule has 6 rings (SSSR count). The molecule has 194 valence electrons. The first kappa shape index (κ1) is 24.3. The summed E-state index contributed by atoms with van der Waals surface area (Å²) in [5.74, 6) is 2.09. The maximum absolute atomic E-state index is 14.0. The van der Waals surface area contributed by atoms with Crippen LogP contribution in [0.3, 0.4) is 0 Å². The second kappa shape index (κ2) is 9.04. The van der Waals surface area contributed by atoms with Crippen molar-refractivity contribution in [2.45, 2.75) is 64.5 Å². The summed E-state index contributed by atoms with van der Waals surface area (Å²) >= 11 is 0. The van der Waals surface area contributed by atoms with E-state index < -0.39 is 0 Å². The lowest BCUT2D eigenvalue weighted by Crippen LogP contribution is -2.59. The van der Waals surface area contributed by atoms with Crippen molar-refractivity contribution >= 4 is 11.8 Å². The van der Waals surface area contributed by atoms with Crippen molar-refractivity contribution in [1.29, 1.82) is 0 Å². The van der Waals surface area contributed by atoms with Gasteiger partial charge in [0.25, 0.3) is 0 Å². The molecule has 1 unspecified atom stereocenters. The monoisotopic (exact) mass is 498 g/mol. The van der Waals surface area contributed by atoms with Gasteiger partial charge in [0.05, 0.1) is 6.04 Å². The lowest BCUT2D eigenvalue weighted by molar-refractivity contribution is -0.134. The minimum absolute atomic E-state index is 0.00564. The molecule has 37 heavy (non-hydrogen) atoms. The summed E-state index contributed by atoms with van der Waals surface area (Å²) in [6.07, 6.45) is 10.3. The van der Waals surface area contributed by atoms with Gasteiger partial charge in [-0.1, -0.05) is 62.4 Å². The van der Waals surface area contributed by atoms with Crippen LogP contribution in [0.15, 0.2) is 66.7 Å². The van der Waals surface area contributed by atoms with Gasteiger partial charge < -0.3 is 15.7 Å². The fourth-order valence-corrected chi connectivity index (χ4v) is 8.68. The van der Waals surface area contributed by atoms with Crippen LogP contribution in [0.2, 0.25) is 0 Å². The van der Waals surface area contributed by atoms with E-state index in [-0.39, 0.29) is 46.4 Å². The van der Waals surface area contributed by atoms with E-state index in [2.05, 4.69) is 42.7 Å². The van der Waals surface area contributed by atoms with Crippen LogP contribution in [0.5, 0.6) is 5.75 Å². The zero-order valence-electron chi connectivity index (χ0n) is 21.8. The van der Waals surface area contributed by atoms with E-state index in [4.69, 9.17) is 0 Å². The lowest BCUT2D eigenvalue weighted by Gasteiger charge is -2.58. The van der Waals surface area contributed by atoms with E-state index in [0.717, 1.165) is 49.7 Å². The molecule has 1 heterocycles. The Labute approximate surface area is 219 Å². The minimum Gasteiger partial charge on any atom is -0.508 e. The van der Waals surface area contributed by atoms with Crippen molar-refractivity contribution < 1.29 is 14.7 Å². The molecule has 5 heteroatoms. The van der Waals surface area contributed by atoms with Gasteiger partial charge in [0.15, 0.2) is 0 Å². The average Bonchev–Trinajstić information content (AvgIpc) is 3.26. The summed E-state index contributed by atoms with van der Waals surface area (Å²) in [4.78, 5) is 26.0. The molecule has 0 radical (unpaired) electrons. The van der Waals surface area contributed by atoms with Crippen LogP contribution in [0.1, 0.15) is 69.5 Å². The summed E-state index contributed by atoms with van der Waals surface area (Å²) < 4.78 is 0. The third-order valence-electron chi connectivity index (χ3n) is 10.6. The number of benzene rings is 2. The Balaban J connectivity index is 1.24. The predicted molar refractivity (Wildman–Crippen MR) is 143 cm³/mol. The van der Waals surface area contributed by atoms with E-state index in [1.54, 1.807) is 18.2 Å². The highest BCUT2D eigenvalue weighted by molar-refractivity contribution is 5.89. The number of hydrogen-bond donors (Lipinski definition) is 3. The molecular formula is C32H38N2O3. The Morgan fingerprint density at radius 3 is 2.43 bits per heavy atom. The number of rotatable bonds is 4. The van der Waals surface area contributed by atoms with E-state index in [1.165, 1.54) is 0 Å². The number of phenolic OH excluding ortho intramolecular Hbond substituents is 1. The summed E-state index contributed by atoms with van der Waals surface area (Å²) in [6, 6.07) is 17.2. The highest BCUT2D eigenvalue weighted by atomic mass is 16.3. The molecule has 3 aliphatic carbocycles. The fraction of sp³-hybridized carbons (Fsp3) is 0.500. The normalized spacial score (nSPS) is 37.0. The van der Waals surface area contributed by atoms with Crippen LogP contribution in [0.4, 0.5) is 0 Å². The Morgan fingerprint density at radius 2 is 1.68 bits per heavy atom. The number of aromatic hydroxyl groups is 1. The van der Waals surface area contributed by atoms with Gasteiger partial charge in [-0.2, -0.15) is 0 Å². The first-order valence-corrected chi connectivity index (χ1v) is 13.9. The molecule has 8 atom stereocenters. The lowest BCUT2D eigenvalue weighted by atomic mass is 9.48. The van der Waals surface area contributed by atoms with E-state index in [0.29, 0.717) is 17.8 Å². The zero-order chi connectivity index (χ0) is 25.8. The number of carbonyl (C=O) groups is 2. The molecule has 2 aromatic carbocycles. The van der Waals surface area contributed by atoms with Crippen molar-refractivity contribution in [3.8, 4) is 5.75 Å². The van der Waals surface area contributed by atoms with E-state index in [1.807, 2.05) is 30.3 Å². The Hall–Kier alpha value is -3.08. The standard InChI is InChI=1S/C32H38N2O3/c1-31-18-16-25-23(12-15-27-32(25,2)19-17-28(36)33-27)24(31)13-14-26(31)30(37)34-29(20-6-4-3-5-7-20)21-8-10-22(35)11-9-21/h3-11,17,19,23-27,29,35H,12-16,18H2,1-2H3,(H,33,36)(H,34,37)/t23-,24-,25-,26+,27+,29?,31-,32+/m0/s1. The summed E-state index contributed by atoms with van der Waals surface area (Å²) in [5.41, 5.74) is 2.02. The molecule has 3 fully saturated rings. The van der Waals surface area contributed by atoms with Gasteiger partial charge >= 0.3 is 0 Å². The van der Waals surface area contributed by atoms with Crippen LogP contribution >= 0.6 is 0 Å². The third kappa shape index (κ3) is 3.98. The maximum atomic E-state index is 14.0. The molecule has 0 saturated heterocycles. The third-order valence-corrected chi connectivity index (χ3v) is 10.6. The molecule has 3 saturated carbocycles. The van der Waals surface area contributed by atoms with Crippen molar-refractivity contribution in [1.82, 2.24) is 10.6 Å². The largest absolute Gasteiger partial charge is 0.508 e. The van der Waals surface area contributed by atoms with Crippen molar-refractivity contribution in [3.63, 3.8) is 0 Å².